The minimum absolute atomic E-state index is 0.108. The first kappa shape index (κ1) is 20.7. The molecule has 0 radical (unpaired) electrons. The molecule has 3 rings (SSSR count). The summed E-state index contributed by atoms with van der Waals surface area (Å²) in [5, 5.41) is 8.58. The van der Waals surface area contributed by atoms with E-state index < -0.39 is 0 Å². The van der Waals surface area contributed by atoms with Crippen LogP contribution < -0.4 is 16.0 Å². The zero-order valence-corrected chi connectivity index (χ0v) is 16.7. The first-order valence-corrected chi connectivity index (χ1v) is 9.86. The number of ether oxygens (including phenoxy) is 1. The second kappa shape index (κ2) is 10.5. The molecule has 3 N–H and O–H groups in total. The molecule has 1 saturated heterocycles. The number of thiocarbonyl (C=S) groups is 1. The number of benzene rings is 2. The molecular formula is C22H23N3O3S. The average Bonchev–Trinajstić information content (AvgIpc) is 3.25. The number of nitrogens with one attached hydrogen (secondary N) is 3. The van der Waals surface area contributed by atoms with Gasteiger partial charge in [-0.3, -0.25) is 14.9 Å². The van der Waals surface area contributed by atoms with E-state index in [1.54, 1.807) is 30.3 Å². The summed E-state index contributed by atoms with van der Waals surface area (Å²) in [6.07, 6.45) is 5.26. The predicted molar refractivity (Wildman–Crippen MR) is 118 cm³/mol. The molecule has 1 heterocycles. The van der Waals surface area contributed by atoms with Crippen LogP contribution in [0.1, 0.15) is 28.8 Å². The van der Waals surface area contributed by atoms with Crippen molar-refractivity contribution in [1.82, 2.24) is 10.6 Å². The third-order valence-electron chi connectivity index (χ3n) is 4.38. The van der Waals surface area contributed by atoms with Gasteiger partial charge in [-0.2, -0.15) is 0 Å². The largest absolute Gasteiger partial charge is 0.376 e. The molecule has 0 saturated carbocycles. The van der Waals surface area contributed by atoms with Crippen LogP contribution >= 0.6 is 12.2 Å². The van der Waals surface area contributed by atoms with Crippen molar-refractivity contribution in [3.8, 4) is 0 Å². The molecule has 2 aromatic carbocycles. The van der Waals surface area contributed by atoms with Gasteiger partial charge >= 0.3 is 0 Å². The van der Waals surface area contributed by atoms with Crippen LogP contribution in [0.5, 0.6) is 0 Å². The fourth-order valence-corrected chi connectivity index (χ4v) is 3.09. The molecule has 0 aliphatic carbocycles. The Kier molecular flexibility index (Phi) is 7.49. The van der Waals surface area contributed by atoms with E-state index in [4.69, 9.17) is 17.0 Å². The number of anilines is 1. The highest BCUT2D eigenvalue weighted by molar-refractivity contribution is 7.80. The quantitative estimate of drug-likeness (QED) is 0.505. The van der Waals surface area contributed by atoms with E-state index in [0.29, 0.717) is 17.8 Å². The van der Waals surface area contributed by atoms with E-state index >= 15 is 0 Å². The summed E-state index contributed by atoms with van der Waals surface area (Å²) in [5.41, 5.74) is 2.15. The topological polar surface area (TPSA) is 79.5 Å². The molecule has 1 aliphatic heterocycles. The maximum absolute atomic E-state index is 12.2. The van der Waals surface area contributed by atoms with Gasteiger partial charge in [0.25, 0.3) is 5.91 Å². The maximum Gasteiger partial charge on any atom is 0.251 e. The Morgan fingerprint density at radius 2 is 1.86 bits per heavy atom. The van der Waals surface area contributed by atoms with Crippen LogP contribution in [-0.2, 0) is 9.53 Å². The molecule has 150 valence electrons. The number of rotatable bonds is 6. The van der Waals surface area contributed by atoms with Gasteiger partial charge in [0, 0.05) is 30.5 Å². The normalized spacial score (nSPS) is 15.8. The van der Waals surface area contributed by atoms with Gasteiger partial charge in [-0.25, -0.2) is 0 Å². The lowest BCUT2D eigenvalue weighted by Crippen LogP contribution is -2.33. The zero-order chi connectivity index (χ0) is 20.5. The van der Waals surface area contributed by atoms with Crippen LogP contribution in [0.25, 0.3) is 6.08 Å². The molecule has 0 bridgehead atoms. The van der Waals surface area contributed by atoms with Crippen LogP contribution in [0.15, 0.2) is 60.7 Å². The lowest BCUT2D eigenvalue weighted by Gasteiger charge is -2.11. The minimum Gasteiger partial charge on any atom is -0.376 e. The summed E-state index contributed by atoms with van der Waals surface area (Å²) < 4.78 is 5.50. The van der Waals surface area contributed by atoms with E-state index in [2.05, 4.69) is 16.0 Å². The average molecular weight is 410 g/mol. The van der Waals surface area contributed by atoms with Gasteiger partial charge in [-0.1, -0.05) is 30.3 Å². The fraction of sp³-hybridized carbons (Fsp3) is 0.227. The van der Waals surface area contributed by atoms with Crippen molar-refractivity contribution in [2.24, 2.45) is 0 Å². The van der Waals surface area contributed by atoms with Crippen molar-refractivity contribution in [3.63, 3.8) is 0 Å². The number of hydrogen-bond acceptors (Lipinski definition) is 4. The predicted octanol–water partition coefficient (Wildman–Crippen LogP) is 3.12. The molecule has 1 fully saturated rings. The summed E-state index contributed by atoms with van der Waals surface area (Å²) in [6, 6.07) is 16.4. The third kappa shape index (κ3) is 6.81. The van der Waals surface area contributed by atoms with E-state index in [1.807, 2.05) is 30.3 Å². The van der Waals surface area contributed by atoms with E-state index in [0.717, 1.165) is 25.0 Å². The van der Waals surface area contributed by atoms with Crippen LogP contribution in [-0.4, -0.2) is 36.2 Å². The van der Waals surface area contributed by atoms with Gasteiger partial charge in [0.15, 0.2) is 5.11 Å². The van der Waals surface area contributed by atoms with Gasteiger partial charge in [0.2, 0.25) is 5.91 Å². The van der Waals surface area contributed by atoms with Crippen molar-refractivity contribution < 1.29 is 14.3 Å². The molecule has 29 heavy (non-hydrogen) atoms. The van der Waals surface area contributed by atoms with Gasteiger partial charge < -0.3 is 15.4 Å². The van der Waals surface area contributed by atoms with Crippen LogP contribution in [0.2, 0.25) is 0 Å². The standard InChI is InChI=1S/C22H23N3O3S/c26-20(13-8-16-5-2-1-3-6-16)25-22(29)24-18-11-9-17(10-12-18)21(27)23-15-19-7-4-14-28-19/h1-3,5-6,8-13,19H,4,7,14-15H2,(H,23,27)(H2,24,25,26,29)/b13-8+. The molecule has 1 aliphatic rings. The van der Waals surface area contributed by atoms with Crippen LogP contribution in [0.4, 0.5) is 5.69 Å². The monoisotopic (exact) mass is 409 g/mol. The highest BCUT2D eigenvalue weighted by Crippen LogP contribution is 2.12. The highest BCUT2D eigenvalue weighted by Gasteiger charge is 2.16. The van der Waals surface area contributed by atoms with E-state index in [-0.39, 0.29) is 23.0 Å². The summed E-state index contributed by atoms with van der Waals surface area (Å²) in [7, 11) is 0. The Hall–Kier alpha value is -3.03. The summed E-state index contributed by atoms with van der Waals surface area (Å²) in [5.74, 6) is -0.467. The molecular weight excluding hydrogens is 386 g/mol. The van der Waals surface area contributed by atoms with Gasteiger partial charge in [0.1, 0.15) is 0 Å². The Morgan fingerprint density at radius 1 is 1.10 bits per heavy atom. The molecule has 6 nitrogen and oxygen atoms in total. The van der Waals surface area contributed by atoms with Gasteiger partial charge in [0.05, 0.1) is 6.10 Å². The molecule has 1 atom stereocenters. The summed E-state index contributed by atoms with van der Waals surface area (Å²) in [6.45, 7) is 1.28. The first-order chi connectivity index (χ1) is 14.1. The van der Waals surface area contributed by atoms with E-state index in [9.17, 15) is 9.59 Å². The summed E-state index contributed by atoms with van der Waals surface area (Å²) >= 11 is 5.16. The second-order valence-corrected chi connectivity index (χ2v) is 7.02. The first-order valence-electron chi connectivity index (χ1n) is 9.45. The van der Waals surface area contributed by atoms with Crippen molar-refractivity contribution in [1.29, 1.82) is 0 Å². The van der Waals surface area contributed by atoms with Crippen molar-refractivity contribution in [2.75, 3.05) is 18.5 Å². The van der Waals surface area contributed by atoms with Crippen LogP contribution in [0.3, 0.4) is 0 Å². The second-order valence-electron chi connectivity index (χ2n) is 6.61. The van der Waals surface area contributed by atoms with E-state index in [1.165, 1.54) is 6.08 Å². The Bertz CT molecular complexity index is 876. The smallest absolute Gasteiger partial charge is 0.251 e. The molecule has 1 unspecified atom stereocenters. The molecule has 0 aromatic heterocycles. The molecule has 2 aromatic rings. The summed E-state index contributed by atoms with van der Waals surface area (Å²) in [4.78, 5) is 24.1. The Balaban J connectivity index is 1.44. The lowest BCUT2D eigenvalue weighted by atomic mass is 10.2. The Labute approximate surface area is 175 Å². The highest BCUT2D eigenvalue weighted by atomic mass is 32.1. The number of amides is 2. The Morgan fingerprint density at radius 3 is 2.55 bits per heavy atom. The number of carbonyl (C=O) groups excluding carboxylic acids is 2. The molecule has 7 heteroatoms. The third-order valence-corrected chi connectivity index (χ3v) is 4.59. The van der Waals surface area contributed by atoms with Crippen molar-refractivity contribution >= 4 is 40.9 Å². The fourth-order valence-electron chi connectivity index (χ4n) is 2.87. The minimum atomic E-state index is -0.323. The zero-order valence-electron chi connectivity index (χ0n) is 15.9. The molecule has 2 amide bonds. The number of hydrogen-bond donors (Lipinski definition) is 3. The van der Waals surface area contributed by atoms with Crippen molar-refractivity contribution in [2.45, 2.75) is 18.9 Å². The number of carbonyl (C=O) groups is 2. The van der Waals surface area contributed by atoms with Gasteiger partial charge in [-0.15, -0.1) is 0 Å². The van der Waals surface area contributed by atoms with Crippen molar-refractivity contribution in [3.05, 3.63) is 71.8 Å². The SMILES string of the molecule is O=C(/C=C/c1ccccc1)NC(=S)Nc1ccc(C(=O)NCC2CCCO2)cc1. The molecule has 0 spiro atoms. The maximum atomic E-state index is 12.2. The van der Waals surface area contributed by atoms with Crippen LogP contribution in [0, 0.1) is 0 Å². The van der Waals surface area contributed by atoms with Gasteiger partial charge in [-0.05, 0) is 61.0 Å². The lowest BCUT2D eigenvalue weighted by molar-refractivity contribution is -0.115.